The van der Waals surface area contributed by atoms with Gasteiger partial charge in [-0.05, 0) is 24.1 Å². The van der Waals surface area contributed by atoms with Crippen LogP contribution in [0.4, 0.5) is 9.52 Å². The van der Waals surface area contributed by atoms with Gasteiger partial charge in [0, 0.05) is 23.4 Å². The third-order valence-electron chi connectivity index (χ3n) is 3.14. The molecule has 3 nitrogen and oxygen atoms in total. The molecule has 0 unspecified atom stereocenters. The molecule has 1 amide bonds. The van der Waals surface area contributed by atoms with Gasteiger partial charge in [-0.1, -0.05) is 26.0 Å². The number of aromatic nitrogens is 1. The molecular weight excluding hydrogens is 275 g/mol. The van der Waals surface area contributed by atoms with Crippen molar-refractivity contribution in [3.8, 4) is 0 Å². The van der Waals surface area contributed by atoms with Crippen molar-refractivity contribution in [2.24, 2.45) is 5.92 Å². The predicted molar refractivity (Wildman–Crippen MR) is 79.4 cm³/mol. The van der Waals surface area contributed by atoms with Crippen LogP contribution in [0.5, 0.6) is 0 Å². The van der Waals surface area contributed by atoms with E-state index in [1.807, 2.05) is 13.8 Å². The molecule has 2 rings (SSSR count). The largest absolute Gasteiger partial charge is 0.302 e. The van der Waals surface area contributed by atoms with E-state index in [1.54, 1.807) is 18.3 Å². The highest BCUT2D eigenvalue weighted by atomic mass is 32.1. The molecule has 5 heteroatoms. The summed E-state index contributed by atoms with van der Waals surface area (Å²) in [5.41, 5.74) is 1.02. The number of rotatable bonds is 5. The second-order valence-corrected chi connectivity index (χ2v) is 5.85. The fourth-order valence-electron chi connectivity index (χ4n) is 1.66. The maximum atomic E-state index is 12.8. The minimum Gasteiger partial charge on any atom is -0.302 e. The Kier molecular flexibility index (Phi) is 4.84. The number of benzene rings is 1. The Bertz CT molecular complexity index is 580. The average Bonchev–Trinajstić information content (AvgIpc) is 2.87. The van der Waals surface area contributed by atoms with Crippen LogP contribution in [0.25, 0.3) is 0 Å². The van der Waals surface area contributed by atoms with Crippen molar-refractivity contribution in [1.29, 1.82) is 0 Å². The Labute approximate surface area is 121 Å². The standard InChI is InChI=1S/C15H17FN2OS/c1-3-10(2)14(19)18-15-17-9-13(20-15)8-11-4-6-12(16)7-5-11/h4-7,9-10H,3,8H2,1-2H3,(H,17,18,19)/t10-/m0/s1. The number of hydrogen-bond acceptors (Lipinski definition) is 3. The fraction of sp³-hybridized carbons (Fsp3) is 0.333. The summed E-state index contributed by atoms with van der Waals surface area (Å²) in [5.74, 6) is -0.255. The number of nitrogens with zero attached hydrogens (tertiary/aromatic N) is 1. The second kappa shape index (κ2) is 6.61. The van der Waals surface area contributed by atoms with Gasteiger partial charge in [0.05, 0.1) is 0 Å². The van der Waals surface area contributed by atoms with Gasteiger partial charge in [-0.15, -0.1) is 11.3 Å². The summed E-state index contributed by atoms with van der Waals surface area (Å²) >= 11 is 1.45. The third kappa shape index (κ3) is 3.87. The van der Waals surface area contributed by atoms with Gasteiger partial charge < -0.3 is 5.32 Å². The lowest BCUT2D eigenvalue weighted by molar-refractivity contribution is -0.119. The van der Waals surface area contributed by atoms with Gasteiger partial charge >= 0.3 is 0 Å². The van der Waals surface area contributed by atoms with Gasteiger partial charge in [-0.25, -0.2) is 9.37 Å². The minimum atomic E-state index is -0.237. The molecule has 0 saturated heterocycles. The Morgan fingerprint density at radius 3 is 2.75 bits per heavy atom. The minimum absolute atomic E-state index is 0.00446. The van der Waals surface area contributed by atoms with Crippen molar-refractivity contribution in [3.63, 3.8) is 0 Å². The molecule has 0 bridgehead atoms. The summed E-state index contributed by atoms with van der Waals surface area (Å²) in [7, 11) is 0. The molecule has 1 aromatic carbocycles. The molecule has 106 valence electrons. The first-order valence-corrected chi connectivity index (χ1v) is 7.40. The number of hydrogen-bond donors (Lipinski definition) is 1. The fourth-order valence-corrected chi connectivity index (χ4v) is 2.51. The number of nitrogens with one attached hydrogen (secondary N) is 1. The van der Waals surface area contributed by atoms with Crippen LogP contribution in [0.3, 0.4) is 0 Å². The lowest BCUT2D eigenvalue weighted by atomic mass is 10.1. The predicted octanol–water partition coefficient (Wildman–Crippen LogP) is 3.86. The van der Waals surface area contributed by atoms with E-state index >= 15 is 0 Å². The zero-order valence-corrected chi connectivity index (χ0v) is 12.3. The highest BCUT2D eigenvalue weighted by Gasteiger charge is 2.12. The van der Waals surface area contributed by atoms with E-state index in [4.69, 9.17) is 0 Å². The van der Waals surface area contributed by atoms with E-state index in [0.29, 0.717) is 11.6 Å². The highest BCUT2D eigenvalue weighted by molar-refractivity contribution is 7.15. The summed E-state index contributed by atoms with van der Waals surface area (Å²) in [5, 5.41) is 3.43. The van der Waals surface area contributed by atoms with Crippen LogP contribution in [0.1, 0.15) is 30.7 Å². The highest BCUT2D eigenvalue weighted by Crippen LogP contribution is 2.22. The molecule has 0 aliphatic heterocycles. The van der Waals surface area contributed by atoms with Crippen molar-refractivity contribution in [1.82, 2.24) is 4.98 Å². The van der Waals surface area contributed by atoms with Crippen molar-refractivity contribution >= 4 is 22.4 Å². The van der Waals surface area contributed by atoms with Crippen LogP contribution in [0.15, 0.2) is 30.5 Å². The monoisotopic (exact) mass is 292 g/mol. The van der Waals surface area contributed by atoms with E-state index < -0.39 is 0 Å². The van der Waals surface area contributed by atoms with Crippen LogP contribution in [-0.4, -0.2) is 10.9 Å². The first-order chi connectivity index (χ1) is 9.58. The van der Waals surface area contributed by atoms with Crippen molar-refractivity contribution < 1.29 is 9.18 Å². The SMILES string of the molecule is CC[C@H](C)C(=O)Nc1ncc(Cc2ccc(F)cc2)s1. The van der Waals surface area contributed by atoms with Crippen LogP contribution < -0.4 is 5.32 Å². The molecule has 20 heavy (non-hydrogen) atoms. The Hall–Kier alpha value is -1.75. The number of amides is 1. The third-order valence-corrected chi connectivity index (χ3v) is 4.05. The summed E-state index contributed by atoms with van der Waals surface area (Å²) in [4.78, 5) is 17.0. The average molecular weight is 292 g/mol. The molecule has 1 atom stereocenters. The molecule has 1 aromatic heterocycles. The van der Waals surface area contributed by atoms with Crippen molar-refractivity contribution in [2.45, 2.75) is 26.7 Å². The number of halogens is 1. The molecule has 2 aromatic rings. The molecule has 0 aliphatic carbocycles. The van der Waals surface area contributed by atoms with Gasteiger partial charge in [0.1, 0.15) is 5.82 Å². The first kappa shape index (κ1) is 14.7. The maximum Gasteiger partial charge on any atom is 0.228 e. The number of anilines is 1. The topological polar surface area (TPSA) is 42.0 Å². The Morgan fingerprint density at radius 1 is 1.40 bits per heavy atom. The van der Waals surface area contributed by atoms with E-state index in [1.165, 1.54) is 23.5 Å². The summed E-state index contributed by atoms with van der Waals surface area (Å²) in [6, 6.07) is 6.41. The second-order valence-electron chi connectivity index (χ2n) is 4.73. The smallest absolute Gasteiger partial charge is 0.228 e. The molecule has 0 radical (unpaired) electrons. The van der Waals surface area contributed by atoms with E-state index in [2.05, 4.69) is 10.3 Å². The number of carbonyl (C=O) groups excluding carboxylic acids is 1. The molecule has 1 N–H and O–H groups in total. The molecule has 0 aliphatic rings. The van der Waals surface area contributed by atoms with Crippen molar-refractivity contribution in [2.75, 3.05) is 5.32 Å². The summed E-state index contributed by atoms with van der Waals surface area (Å²) < 4.78 is 12.8. The maximum absolute atomic E-state index is 12.8. The van der Waals surface area contributed by atoms with Gasteiger partial charge in [0.15, 0.2) is 5.13 Å². The van der Waals surface area contributed by atoms with E-state index in [-0.39, 0.29) is 17.6 Å². The van der Waals surface area contributed by atoms with Crippen molar-refractivity contribution in [3.05, 3.63) is 46.7 Å². The van der Waals surface area contributed by atoms with Crippen LogP contribution in [0, 0.1) is 11.7 Å². The molecule has 1 heterocycles. The number of carbonyl (C=O) groups is 1. The van der Waals surface area contributed by atoms with Gasteiger partial charge in [0.2, 0.25) is 5.91 Å². The van der Waals surface area contributed by atoms with Gasteiger partial charge in [0.25, 0.3) is 0 Å². The van der Waals surface area contributed by atoms with Crippen LogP contribution >= 0.6 is 11.3 Å². The first-order valence-electron chi connectivity index (χ1n) is 6.58. The van der Waals surface area contributed by atoms with Gasteiger partial charge in [-0.2, -0.15) is 0 Å². The summed E-state index contributed by atoms with van der Waals surface area (Å²) in [6.45, 7) is 3.87. The zero-order valence-electron chi connectivity index (χ0n) is 11.5. The zero-order chi connectivity index (χ0) is 14.5. The van der Waals surface area contributed by atoms with E-state index in [9.17, 15) is 9.18 Å². The molecule has 0 fully saturated rings. The normalized spacial score (nSPS) is 12.2. The lowest BCUT2D eigenvalue weighted by Gasteiger charge is -2.06. The Balaban J connectivity index is 1.98. The lowest BCUT2D eigenvalue weighted by Crippen LogP contribution is -2.19. The molecular formula is C15H17FN2OS. The van der Waals surface area contributed by atoms with Crippen LogP contribution in [0.2, 0.25) is 0 Å². The Morgan fingerprint density at radius 2 is 2.10 bits per heavy atom. The molecule has 0 saturated carbocycles. The van der Waals surface area contributed by atoms with Crippen LogP contribution in [-0.2, 0) is 11.2 Å². The molecule has 0 spiro atoms. The quantitative estimate of drug-likeness (QED) is 0.909. The van der Waals surface area contributed by atoms with Gasteiger partial charge in [-0.3, -0.25) is 4.79 Å². The number of thiazole rings is 1. The van der Waals surface area contributed by atoms with E-state index in [0.717, 1.165) is 16.9 Å². The summed E-state index contributed by atoms with van der Waals surface area (Å²) in [6.07, 6.45) is 3.25.